The minimum atomic E-state index is -0.449. The van der Waals surface area contributed by atoms with E-state index < -0.39 is 5.79 Å². The van der Waals surface area contributed by atoms with Crippen LogP contribution in [-0.4, -0.2) is 25.8 Å². The lowest BCUT2D eigenvalue weighted by atomic mass is 9.92. The lowest BCUT2D eigenvalue weighted by molar-refractivity contribution is -0.331. The Bertz CT molecular complexity index is 310. The lowest BCUT2D eigenvalue weighted by Crippen LogP contribution is -2.37. The summed E-state index contributed by atoms with van der Waals surface area (Å²) in [5.41, 5.74) is 1.67. The lowest BCUT2D eigenvalue weighted by Gasteiger charge is -2.32. The molecule has 0 atom stereocenters. The summed E-state index contributed by atoms with van der Waals surface area (Å²) in [4.78, 5) is 9.84. The molecule has 0 amide bonds. The van der Waals surface area contributed by atoms with E-state index in [0.717, 1.165) is 25.7 Å². The quantitative estimate of drug-likeness (QED) is 0.369. The van der Waals surface area contributed by atoms with Crippen LogP contribution in [0.25, 0.3) is 0 Å². The Morgan fingerprint density at radius 3 is 1.93 bits per heavy atom. The summed E-state index contributed by atoms with van der Waals surface area (Å²) >= 11 is 0. The number of methoxy groups -OCH3 is 1. The Morgan fingerprint density at radius 1 is 1.04 bits per heavy atom. The third kappa shape index (κ3) is 13.4. The molecule has 0 aromatic carbocycles. The second-order valence-corrected chi connectivity index (χ2v) is 6.42. The van der Waals surface area contributed by atoms with Gasteiger partial charge in [0.05, 0.1) is 6.10 Å². The van der Waals surface area contributed by atoms with Gasteiger partial charge in [-0.15, -0.1) is 0 Å². The Hall–Kier alpha value is -0.420. The SMILES string of the molecule is CC.CC.CCC1=CCCC1.CCCC.COC1CCC2(CC1)OCOO2. The van der Waals surface area contributed by atoms with Gasteiger partial charge < -0.3 is 9.47 Å². The van der Waals surface area contributed by atoms with Crippen LogP contribution < -0.4 is 0 Å². The maximum absolute atomic E-state index is 5.37. The molecule has 0 bridgehead atoms. The van der Waals surface area contributed by atoms with E-state index in [1.165, 1.54) is 38.5 Å². The predicted octanol–water partition coefficient (Wildman–Crippen LogP) is 7.57. The van der Waals surface area contributed by atoms with Crippen molar-refractivity contribution < 1.29 is 19.2 Å². The fourth-order valence-electron chi connectivity index (χ4n) is 2.84. The van der Waals surface area contributed by atoms with E-state index in [9.17, 15) is 0 Å². The van der Waals surface area contributed by atoms with Crippen LogP contribution in [0.1, 0.15) is 113 Å². The van der Waals surface area contributed by atoms with Crippen LogP contribution in [0.3, 0.4) is 0 Å². The summed E-state index contributed by atoms with van der Waals surface area (Å²) in [6.45, 7) is 14.9. The van der Waals surface area contributed by atoms with Gasteiger partial charge in [-0.25, -0.2) is 4.89 Å². The van der Waals surface area contributed by atoms with Crippen molar-refractivity contribution >= 4 is 0 Å². The van der Waals surface area contributed by atoms with Crippen molar-refractivity contribution in [2.75, 3.05) is 13.9 Å². The van der Waals surface area contributed by atoms with Crippen molar-refractivity contribution in [3.05, 3.63) is 11.6 Å². The molecule has 27 heavy (non-hydrogen) atoms. The minimum Gasteiger partial charge on any atom is -0.381 e. The zero-order valence-electron chi connectivity index (χ0n) is 19.6. The molecule has 4 heteroatoms. The van der Waals surface area contributed by atoms with Crippen molar-refractivity contribution in [3.8, 4) is 0 Å². The van der Waals surface area contributed by atoms with Crippen LogP contribution in [0.15, 0.2) is 11.6 Å². The maximum atomic E-state index is 5.37. The molecular formula is C23H48O4. The van der Waals surface area contributed by atoms with E-state index in [1.807, 2.05) is 27.7 Å². The molecule has 0 N–H and O–H groups in total. The highest BCUT2D eigenvalue weighted by atomic mass is 17.3. The molecule has 3 aliphatic rings. The summed E-state index contributed by atoms with van der Waals surface area (Å²) in [6, 6.07) is 0. The molecule has 1 saturated heterocycles. The van der Waals surface area contributed by atoms with E-state index in [-0.39, 0.29) is 6.79 Å². The smallest absolute Gasteiger partial charge is 0.204 e. The summed E-state index contributed by atoms with van der Waals surface area (Å²) in [6.07, 6.45) is 14.5. The minimum absolute atomic E-state index is 0.262. The van der Waals surface area contributed by atoms with Crippen LogP contribution in [0.4, 0.5) is 0 Å². The van der Waals surface area contributed by atoms with E-state index >= 15 is 0 Å². The summed E-state index contributed by atoms with van der Waals surface area (Å²) < 4.78 is 10.6. The normalized spacial score (nSPS) is 25.5. The number of hydrogen-bond donors (Lipinski definition) is 0. The molecule has 1 spiro atoms. The molecule has 1 aliphatic heterocycles. The predicted molar refractivity (Wildman–Crippen MR) is 116 cm³/mol. The van der Waals surface area contributed by atoms with Gasteiger partial charge in [-0.2, -0.15) is 4.89 Å². The van der Waals surface area contributed by atoms with Crippen molar-refractivity contribution in [1.29, 1.82) is 0 Å². The fraction of sp³-hybridized carbons (Fsp3) is 0.913. The van der Waals surface area contributed by atoms with Gasteiger partial charge >= 0.3 is 0 Å². The van der Waals surface area contributed by atoms with Crippen molar-refractivity contribution in [2.45, 2.75) is 125 Å². The average Bonchev–Trinajstić information content (AvgIpc) is 3.45. The van der Waals surface area contributed by atoms with Crippen molar-refractivity contribution in [2.24, 2.45) is 0 Å². The molecule has 164 valence electrons. The van der Waals surface area contributed by atoms with Gasteiger partial charge in [0.1, 0.15) is 0 Å². The van der Waals surface area contributed by atoms with E-state index in [1.54, 1.807) is 12.7 Å². The molecule has 2 aliphatic carbocycles. The Morgan fingerprint density at radius 2 is 1.63 bits per heavy atom. The molecule has 1 saturated carbocycles. The molecule has 0 aromatic rings. The van der Waals surface area contributed by atoms with Gasteiger partial charge in [0, 0.05) is 20.0 Å². The van der Waals surface area contributed by atoms with Gasteiger partial charge in [-0.05, 0) is 38.5 Å². The monoisotopic (exact) mass is 388 g/mol. The largest absolute Gasteiger partial charge is 0.381 e. The topological polar surface area (TPSA) is 36.9 Å². The molecule has 1 heterocycles. The van der Waals surface area contributed by atoms with E-state index in [2.05, 4.69) is 26.8 Å². The number of ether oxygens (including phenoxy) is 2. The van der Waals surface area contributed by atoms with E-state index in [4.69, 9.17) is 19.2 Å². The molecule has 0 unspecified atom stereocenters. The van der Waals surface area contributed by atoms with Crippen molar-refractivity contribution in [1.82, 2.24) is 0 Å². The number of allylic oxidation sites excluding steroid dienone is 2. The molecule has 2 fully saturated rings. The zero-order valence-corrected chi connectivity index (χ0v) is 19.6. The fourth-order valence-corrected chi connectivity index (χ4v) is 2.84. The third-order valence-electron chi connectivity index (χ3n) is 4.70. The zero-order chi connectivity index (χ0) is 21.0. The van der Waals surface area contributed by atoms with Crippen LogP contribution >= 0.6 is 0 Å². The number of rotatable bonds is 3. The van der Waals surface area contributed by atoms with Crippen LogP contribution in [0, 0.1) is 0 Å². The Labute approximate surface area is 169 Å². The van der Waals surface area contributed by atoms with Gasteiger partial charge in [0.15, 0.2) is 6.79 Å². The van der Waals surface area contributed by atoms with Gasteiger partial charge in [0.25, 0.3) is 0 Å². The van der Waals surface area contributed by atoms with Gasteiger partial charge in [-0.1, -0.05) is 73.0 Å². The van der Waals surface area contributed by atoms with Gasteiger partial charge in [-0.3, -0.25) is 0 Å². The maximum Gasteiger partial charge on any atom is 0.204 e. The molecule has 3 rings (SSSR count). The highest BCUT2D eigenvalue weighted by molar-refractivity contribution is 5.05. The van der Waals surface area contributed by atoms with Crippen molar-refractivity contribution in [3.63, 3.8) is 0 Å². The Balaban J connectivity index is 0. The summed E-state index contributed by atoms with van der Waals surface area (Å²) in [7, 11) is 1.75. The second-order valence-electron chi connectivity index (χ2n) is 6.42. The highest BCUT2D eigenvalue weighted by Gasteiger charge is 2.42. The van der Waals surface area contributed by atoms with Crippen LogP contribution in [0.2, 0.25) is 0 Å². The second kappa shape index (κ2) is 20.3. The first-order valence-electron chi connectivity index (χ1n) is 11.3. The third-order valence-corrected chi connectivity index (χ3v) is 4.70. The van der Waals surface area contributed by atoms with Crippen LogP contribution in [-0.2, 0) is 19.2 Å². The van der Waals surface area contributed by atoms with Gasteiger partial charge in [0.2, 0.25) is 5.79 Å². The molecule has 4 nitrogen and oxygen atoms in total. The summed E-state index contributed by atoms with van der Waals surface area (Å²) in [5, 5.41) is 0. The molecular weight excluding hydrogens is 340 g/mol. The first kappa shape index (κ1) is 28.8. The van der Waals surface area contributed by atoms with E-state index in [0.29, 0.717) is 6.10 Å². The number of hydrogen-bond acceptors (Lipinski definition) is 4. The average molecular weight is 389 g/mol. The highest BCUT2D eigenvalue weighted by Crippen LogP contribution is 2.36. The first-order chi connectivity index (χ1) is 13.2. The first-order valence-corrected chi connectivity index (χ1v) is 11.3. The molecule has 0 radical (unpaired) electrons. The summed E-state index contributed by atoms with van der Waals surface area (Å²) in [5.74, 6) is -0.449. The Kier molecular flexibility index (Phi) is 21.7. The number of unbranched alkanes of at least 4 members (excludes halogenated alkanes) is 1. The standard InChI is InChI=1S/C8H14O4.C7H12.C4H10.2C2H6/c1-9-7-2-4-8(5-3-7)10-6-11-12-8;1-2-7-5-3-4-6-7;1-3-4-2;2*1-2/h7H,2-6H2,1H3;5H,2-4,6H2,1H3;3-4H2,1-2H3;2*1-2H3. The molecule has 0 aromatic heterocycles. The van der Waals surface area contributed by atoms with Crippen LogP contribution in [0.5, 0.6) is 0 Å².